The van der Waals surface area contributed by atoms with Gasteiger partial charge in [0.25, 0.3) is 0 Å². The molecule has 33 heavy (non-hydrogen) atoms. The number of aromatic amines is 1. The van der Waals surface area contributed by atoms with Gasteiger partial charge in [-0.15, -0.1) is 5.10 Å². The zero-order chi connectivity index (χ0) is 23.6. The van der Waals surface area contributed by atoms with Crippen LogP contribution in [0.5, 0.6) is 5.75 Å². The Hall–Kier alpha value is -4.33. The molecule has 3 aromatic rings. The first-order valence-electron chi connectivity index (χ1n) is 10.3. The lowest BCUT2D eigenvalue weighted by Crippen LogP contribution is -2.08. The van der Waals surface area contributed by atoms with Crippen molar-refractivity contribution in [3.63, 3.8) is 0 Å². The van der Waals surface area contributed by atoms with Crippen molar-refractivity contribution in [3.8, 4) is 17.0 Å². The number of phenols is 1. The Morgan fingerprint density at radius 1 is 1.00 bits per heavy atom. The summed E-state index contributed by atoms with van der Waals surface area (Å²) < 4.78 is 4.98. The van der Waals surface area contributed by atoms with Crippen LogP contribution in [0.1, 0.15) is 30.2 Å². The molecule has 3 rings (SSSR count). The van der Waals surface area contributed by atoms with Crippen molar-refractivity contribution in [1.29, 1.82) is 0 Å². The minimum Gasteiger partial charge on any atom is -0.508 e. The van der Waals surface area contributed by atoms with Crippen LogP contribution in [0.3, 0.4) is 0 Å². The Balaban J connectivity index is 1.68. The summed E-state index contributed by atoms with van der Waals surface area (Å²) >= 11 is 0. The van der Waals surface area contributed by atoms with E-state index in [0.717, 1.165) is 5.56 Å². The molecule has 0 saturated heterocycles. The molecular formula is C25H23N3O5. The molecule has 2 aromatic carbocycles. The van der Waals surface area contributed by atoms with Gasteiger partial charge in [-0.2, -0.15) is 0 Å². The summed E-state index contributed by atoms with van der Waals surface area (Å²) in [6.45, 7) is 2.00. The number of ketones is 2. The van der Waals surface area contributed by atoms with Crippen LogP contribution in [0.4, 0.5) is 0 Å². The van der Waals surface area contributed by atoms with Gasteiger partial charge in [0.1, 0.15) is 11.4 Å². The normalized spacial score (nSPS) is 11.2. The van der Waals surface area contributed by atoms with Crippen LogP contribution in [0.2, 0.25) is 0 Å². The first kappa shape index (κ1) is 23.3. The van der Waals surface area contributed by atoms with Gasteiger partial charge in [-0.25, -0.2) is 0 Å². The van der Waals surface area contributed by atoms with Crippen molar-refractivity contribution in [2.45, 2.75) is 19.8 Å². The van der Waals surface area contributed by atoms with E-state index in [2.05, 4.69) is 15.4 Å². The number of allylic oxidation sites excluding steroid dienone is 2. The van der Waals surface area contributed by atoms with Crippen molar-refractivity contribution in [2.75, 3.05) is 6.61 Å². The number of aromatic hydroxyl groups is 1. The largest absolute Gasteiger partial charge is 0.508 e. The first-order chi connectivity index (χ1) is 16.0. The molecular weight excluding hydrogens is 422 g/mol. The molecule has 0 aliphatic rings. The summed E-state index contributed by atoms with van der Waals surface area (Å²) in [5, 5.41) is 19.9. The highest BCUT2D eigenvalue weighted by molar-refractivity contribution is 6.11. The zero-order valence-corrected chi connectivity index (χ0v) is 18.0. The first-order valence-corrected chi connectivity index (χ1v) is 10.3. The average molecular weight is 445 g/mol. The van der Waals surface area contributed by atoms with Gasteiger partial charge >= 0.3 is 5.97 Å². The Bertz CT molecular complexity index is 1190. The van der Waals surface area contributed by atoms with Crippen molar-refractivity contribution in [3.05, 3.63) is 77.5 Å². The third-order valence-electron chi connectivity index (χ3n) is 4.62. The lowest BCUT2D eigenvalue weighted by molar-refractivity contribution is -0.142. The SMILES string of the molecule is CCOC(=O)Cc1nn[nH]c1-c1ccccc1/C=C/C(=O)CC(=O)/C=C/c1ccc(O)cc1. The number of hydrogen-bond acceptors (Lipinski definition) is 7. The van der Waals surface area contributed by atoms with Gasteiger partial charge in [0, 0.05) is 5.56 Å². The van der Waals surface area contributed by atoms with Gasteiger partial charge < -0.3 is 9.84 Å². The number of nitrogens with zero attached hydrogens (tertiary/aromatic N) is 2. The minimum atomic E-state index is -0.408. The van der Waals surface area contributed by atoms with Crippen LogP contribution in [-0.2, 0) is 25.5 Å². The molecule has 0 spiro atoms. The van der Waals surface area contributed by atoms with Crippen LogP contribution in [0.25, 0.3) is 23.4 Å². The smallest absolute Gasteiger partial charge is 0.312 e. The lowest BCUT2D eigenvalue weighted by atomic mass is 10.0. The number of hydrogen-bond donors (Lipinski definition) is 2. The summed E-state index contributed by atoms with van der Waals surface area (Å²) in [4.78, 5) is 36.2. The van der Waals surface area contributed by atoms with Gasteiger partial charge in [-0.05, 0) is 42.3 Å². The van der Waals surface area contributed by atoms with Gasteiger partial charge in [0.2, 0.25) is 0 Å². The van der Waals surface area contributed by atoms with Crippen molar-refractivity contribution >= 4 is 29.7 Å². The number of aromatic nitrogens is 3. The van der Waals surface area contributed by atoms with E-state index in [1.807, 2.05) is 18.2 Å². The van der Waals surface area contributed by atoms with E-state index in [0.29, 0.717) is 22.5 Å². The summed E-state index contributed by atoms with van der Waals surface area (Å²) in [7, 11) is 0. The molecule has 0 bridgehead atoms. The van der Waals surface area contributed by atoms with Crippen LogP contribution in [-0.4, -0.2) is 44.7 Å². The van der Waals surface area contributed by atoms with Crippen molar-refractivity contribution < 1.29 is 24.2 Å². The minimum absolute atomic E-state index is 0.0292. The Kier molecular flexibility index (Phi) is 8.02. The number of carbonyl (C=O) groups excluding carboxylic acids is 3. The Labute approximate surface area is 190 Å². The van der Waals surface area contributed by atoms with Crippen LogP contribution < -0.4 is 0 Å². The molecule has 8 nitrogen and oxygen atoms in total. The third-order valence-corrected chi connectivity index (χ3v) is 4.62. The predicted octanol–water partition coefficient (Wildman–Crippen LogP) is 3.54. The predicted molar refractivity (Wildman–Crippen MR) is 123 cm³/mol. The highest BCUT2D eigenvalue weighted by Crippen LogP contribution is 2.25. The maximum Gasteiger partial charge on any atom is 0.312 e. The highest BCUT2D eigenvalue weighted by atomic mass is 16.5. The quantitative estimate of drug-likeness (QED) is 0.278. The summed E-state index contributed by atoms with van der Waals surface area (Å²) in [5.41, 5.74) is 3.15. The second kappa shape index (κ2) is 11.3. The molecule has 0 aliphatic carbocycles. The monoisotopic (exact) mass is 445 g/mol. The molecule has 0 saturated carbocycles. The number of benzene rings is 2. The number of esters is 1. The van der Waals surface area contributed by atoms with E-state index in [-0.39, 0.29) is 36.8 Å². The maximum absolute atomic E-state index is 12.3. The standard InChI is InChI=1S/C25H23N3O5/c1-2-33-24(32)16-23-25(27-28-26-23)22-6-4-3-5-18(22)10-14-21(31)15-20(30)13-9-17-7-11-19(29)12-8-17/h3-14,29H,2,15-16H2,1H3,(H,26,27,28)/b13-9+,14-10+. The van der Waals surface area contributed by atoms with E-state index in [1.165, 1.54) is 24.3 Å². The fraction of sp³-hybridized carbons (Fsp3) is 0.160. The number of nitrogens with one attached hydrogen (secondary N) is 1. The lowest BCUT2D eigenvalue weighted by Gasteiger charge is -2.06. The van der Waals surface area contributed by atoms with Crippen molar-refractivity contribution in [1.82, 2.24) is 15.4 Å². The molecule has 168 valence electrons. The fourth-order valence-electron chi connectivity index (χ4n) is 3.05. The molecule has 0 fully saturated rings. The molecule has 8 heteroatoms. The van der Waals surface area contributed by atoms with E-state index >= 15 is 0 Å². The topological polar surface area (TPSA) is 122 Å². The number of rotatable bonds is 10. The van der Waals surface area contributed by atoms with Gasteiger partial charge in [-0.1, -0.05) is 53.8 Å². The Morgan fingerprint density at radius 3 is 2.42 bits per heavy atom. The maximum atomic E-state index is 12.3. The van der Waals surface area contributed by atoms with E-state index in [9.17, 15) is 19.5 Å². The van der Waals surface area contributed by atoms with Crippen LogP contribution in [0.15, 0.2) is 60.7 Å². The number of phenolic OH excluding ortho intramolecular Hbond substituents is 1. The third kappa shape index (κ3) is 6.83. The fourth-order valence-corrected chi connectivity index (χ4v) is 3.05. The number of H-pyrrole nitrogens is 1. The Morgan fingerprint density at radius 2 is 1.70 bits per heavy atom. The molecule has 2 N–H and O–H groups in total. The van der Waals surface area contributed by atoms with Crippen LogP contribution in [0, 0.1) is 0 Å². The van der Waals surface area contributed by atoms with Crippen molar-refractivity contribution in [2.24, 2.45) is 0 Å². The number of ether oxygens (including phenoxy) is 1. The summed E-state index contributed by atoms with van der Waals surface area (Å²) in [6, 6.07) is 13.6. The van der Waals surface area contributed by atoms with E-state index < -0.39 is 5.97 Å². The van der Waals surface area contributed by atoms with Gasteiger partial charge in [-0.3, -0.25) is 19.5 Å². The molecule has 0 unspecified atom stereocenters. The van der Waals surface area contributed by atoms with E-state index in [1.54, 1.807) is 37.3 Å². The average Bonchev–Trinajstić information content (AvgIpc) is 3.25. The molecule has 1 heterocycles. The molecule has 0 radical (unpaired) electrons. The van der Waals surface area contributed by atoms with Gasteiger partial charge in [0.05, 0.1) is 25.1 Å². The zero-order valence-electron chi connectivity index (χ0n) is 18.0. The second-order valence-electron chi connectivity index (χ2n) is 7.07. The molecule has 0 amide bonds. The summed E-state index contributed by atoms with van der Waals surface area (Å²) in [6.07, 6.45) is 5.59. The van der Waals surface area contributed by atoms with Gasteiger partial charge in [0.15, 0.2) is 11.6 Å². The van der Waals surface area contributed by atoms with E-state index in [4.69, 9.17) is 4.74 Å². The second-order valence-corrected chi connectivity index (χ2v) is 7.07. The highest BCUT2D eigenvalue weighted by Gasteiger charge is 2.16. The van der Waals surface area contributed by atoms with Crippen LogP contribution >= 0.6 is 0 Å². The summed E-state index contributed by atoms with van der Waals surface area (Å²) in [5.74, 6) is -0.951. The molecule has 0 aliphatic heterocycles. The molecule has 0 atom stereocenters. The molecule has 1 aromatic heterocycles. The number of carbonyl (C=O) groups is 3.